The maximum atomic E-state index is 12.0. The number of aromatic nitrogens is 2. The number of amides is 1. The van der Waals surface area contributed by atoms with Gasteiger partial charge in [0, 0.05) is 11.6 Å². The number of nitrogens with zero attached hydrogens (tertiary/aromatic N) is 2. The van der Waals surface area contributed by atoms with Crippen molar-refractivity contribution in [2.24, 2.45) is 5.92 Å². The van der Waals surface area contributed by atoms with E-state index in [1.165, 1.54) is 17.3 Å². The molecule has 0 saturated carbocycles. The lowest BCUT2D eigenvalue weighted by molar-refractivity contribution is -0.119. The molecule has 5 nitrogen and oxygen atoms in total. The molecular formula is C18H25N3O2S. The summed E-state index contributed by atoms with van der Waals surface area (Å²) in [5.74, 6) is 1.40. The van der Waals surface area contributed by atoms with E-state index in [4.69, 9.17) is 4.42 Å². The van der Waals surface area contributed by atoms with Gasteiger partial charge in [-0.15, -0.1) is 10.2 Å². The van der Waals surface area contributed by atoms with Gasteiger partial charge in [0.05, 0.1) is 5.75 Å². The molecule has 0 aliphatic rings. The zero-order chi connectivity index (χ0) is 17.5. The normalized spacial score (nSPS) is 12.4. The van der Waals surface area contributed by atoms with E-state index in [1.807, 2.05) is 38.1 Å². The minimum atomic E-state index is -0.00802. The van der Waals surface area contributed by atoms with E-state index in [2.05, 4.69) is 29.4 Å². The number of carbonyl (C=O) groups is 1. The lowest BCUT2D eigenvalue weighted by atomic mass is 10.0. The predicted octanol–water partition coefficient (Wildman–Crippen LogP) is 4.08. The van der Waals surface area contributed by atoms with E-state index in [0.717, 1.165) is 18.4 Å². The number of thioether (sulfide) groups is 1. The van der Waals surface area contributed by atoms with Crippen molar-refractivity contribution in [3.8, 4) is 11.5 Å². The number of carbonyl (C=O) groups excluding carboxylic acids is 1. The largest absolute Gasteiger partial charge is 0.411 e. The van der Waals surface area contributed by atoms with Crippen LogP contribution in [0.15, 0.2) is 33.9 Å². The molecule has 1 aromatic carbocycles. The van der Waals surface area contributed by atoms with Gasteiger partial charge < -0.3 is 9.73 Å². The van der Waals surface area contributed by atoms with E-state index >= 15 is 0 Å². The lowest BCUT2D eigenvalue weighted by Crippen LogP contribution is -2.34. The van der Waals surface area contributed by atoms with Crippen LogP contribution in [-0.4, -0.2) is 27.9 Å². The molecule has 130 valence electrons. The first-order chi connectivity index (χ1) is 11.4. The second-order valence-electron chi connectivity index (χ2n) is 6.47. The Morgan fingerprint density at radius 1 is 1.17 bits per heavy atom. The van der Waals surface area contributed by atoms with E-state index in [1.54, 1.807) is 0 Å². The van der Waals surface area contributed by atoms with E-state index in [9.17, 15) is 4.79 Å². The topological polar surface area (TPSA) is 68.0 Å². The van der Waals surface area contributed by atoms with Crippen LogP contribution in [0.3, 0.4) is 0 Å². The third-order valence-corrected chi connectivity index (χ3v) is 4.43. The summed E-state index contributed by atoms with van der Waals surface area (Å²) in [5.41, 5.74) is 2.06. The van der Waals surface area contributed by atoms with Gasteiger partial charge in [-0.1, -0.05) is 43.3 Å². The van der Waals surface area contributed by atoms with Crippen molar-refractivity contribution in [3.05, 3.63) is 29.8 Å². The second kappa shape index (κ2) is 8.87. The molecule has 0 spiro atoms. The summed E-state index contributed by atoms with van der Waals surface area (Å²) in [5, 5.41) is 11.4. The molecule has 0 saturated heterocycles. The zero-order valence-electron chi connectivity index (χ0n) is 14.7. The van der Waals surface area contributed by atoms with Crippen LogP contribution in [0.25, 0.3) is 11.5 Å². The van der Waals surface area contributed by atoms with E-state index in [0.29, 0.717) is 17.0 Å². The zero-order valence-corrected chi connectivity index (χ0v) is 15.5. The van der Waals surface area contributed by atoms with Crippen LogP contribution in [0.5, 0.6) is 0 Å². The van der Waals surface area contributed by atoms with Gasteiger partial charge in [-0.2, -0.15) is 0 Å². The molecule has 0 aliphatic carbocycles. The van der Waals surface area contributed by atoms with Crippen molar-refractivity contribution in [1.82, 2.24) is 15.5 Å². The Morgan fingerprint density at radius 3 is 2.54 bits per heavy atom. The highest BCUT2D eigenvalue weighted by molar-refractivity contribution is 7.99. The molecule has 2 rings (SSSR count). The molecule has 0 aliphatic heterocycles. The Labute approximate surface area is 147 Å². The van der Waals surface area contributed by atoms with Crippen LogP contribution < -0.4 is 5.32 Å². The van der Waals surface area contributed by atoms with Crippen LogP contribution in [0.1, 0.15) is 39.2 Å². The van der Waals surface area contributed by atoms with Crippen molar-refractivity contribution < 1.29 is 9.21 Å². The van der Waals surface area contributed by atoms with Crippen LogP contribution in [0.2, 0.25) is 0 Å². The molecule has 1 amide bonds. The molecule has 0 radical (unpaired) electrons. The molecular weight excluding hydrogens is 322 g/mol. The number of hydrogen-bond acceptors (Lipinski definition) is 5. The monoisotopic (exact) mass is 347 g/mol. The lowest BCUT2D eigenvalue weighted by Gasteiger charge is -2.14. The molecule has 0 unspecified atom stereocenters. The molecule has 1 aromatic heterocycles. The third kappa shape index (κ3) is 6.00. The van der Waals surface area contributed by atoms with E-state index in [-0.39, 0.29) is 17.7 Å². The quantitative estimate of drug-likeness (QED) is 0.729. The van der Waals surface area contributed by atoms with Crippen LogP contribution in [0.4, 0.5) is 0 Å². The molecule has 24 heavy (non-hydrogen) atoms. The van der Waals surface area contributed by atoms with Crippen molar-refractivity contribution in [2.45, 2.75) is 51.8 Å². The number of benzene rings is 1. The Kier molecular flexibility index (Phi) is 6.85. The summed E-state index contributed by atoms with van der Waals surface area (Å²) in [6.45, 7) is 8.43. The first-order valence-electron chi connectivity index (χ1n) is 8.26. The summed E-state index contributed by atoms with van der Waals surface area (Å²) < 4.78 is 5.60. The fraction of sp³-hybridized carbons (Fsp3) is 0.500. The van der Waals surface area contributed by atoms with Gasteiger partial charge in [0.1, 0.15) is 0 Å². The third-order valence-electron chi connectivity index (χ3n) is 3.62. The van der Waals surface area contributed by atoms with Gasteiger partial charge in [0.15, 0.2) is 0 Å². The van der Waals surface area contributed by atoms with Gasteiger partial charge in [-0.3, -0.25) is 4.79 Å². The minimum Gasteiger partial charge on any atom is -0.411 e. The van der Waals surface area contributed by atoms with Crippen LogP contribution in [0, 0.1) is 12.8 Å². The number of hydrogen-bond donors (Lipinski definition) is 1. The first-order valence-corrected chi connectivity index (χ1v) is 9.25. The minimum absolute atomic E-state index is 0.00802. The first kappa shape index (κ1) is 18.5. The molecule has 0 bridgehead atoms. The molecule has 2 aromatic rings. The fourth-order valence-electron chi connectivity index (χ4n) is 2.18. The van der Waals surface area contributed by atoms with Crippen molar-refractivity contribution in [2.75, 3.05) is 5.75 Å². The smallest absolute Gasteiger partial charge is 0.277 e. The van der Waals surface area contributed by atoms with Gasteiger partial charge in [0.25, 0.3) is 5.22 Å². The average Bonchev–Trinajstić information content (AvgIpc) is 3.00. The van der Waals surface area contributed by atoms with Crippen molar-refractivity contribution in [1.29, 1.82) is 0 Å². The van der Waals surface area contributed by atoms with Crippen molar-refractivity contribution >= 4 is 17.7 Å². The fourth-order valence-corrected chi connectivity index (χ4v) is 2.75. The highest BCUT2D eigenvalue weighted by Crippen LogP contribution is 2.23. The standard InChI is InChI=1S/C18H25N3O2S/c1-12(2)5-8-14(4)19-16(22)11-24-18-21-20-17(23-18)15-9-6-13(3)7-10-15/h6-7,9-10,12,14H,5,8,11H2,1-4H3,(H,19,22)/t14-/m1/s1. The van der Waals surface area contributed by atoms with Gasteiger partial charge >= 0.3 is 0 Å². The Balaban J connectivity index is 1.80. The van der Waals surface area contributed by atoms with Gasteiger partial charge in [-0.25, -0.2) is 0 Å². The molecule has 1 atom stereocenters. The SMILES string of the molecule is Cc1ccc(-c2nnc(SCC(=O)N[C@H](C)CCC(C)C)o2)cc1. The van der Waals surface area contributed by atoms with Gasteiger partial charge in [-0.05, 0) is 44.7 Å². The summed E-state index contributed by atoms with van der Waals surface area (Å²) in [6.07, 6.45) is 2.10. The molecule has 0 fully saturated rings. The highest BCUT2D eigenvalue weighted by atomic mass is 32.2. The molecule has 6 heteroatoms. The Morgan fingerprint density at radius 2 is 1.88 bits per heavy atom. The van der Waals surface area contributed by atoms with E-state index < -0.39 is 0 Å². The number of nitrogens with one attached hydrogen (secondary N) is 1. The second-order valence-corrected chi connectivity index (χ2v) is 7.39. The van der Waals surface area contributed by atoms with Crippen LogP contribution >= 0.6 is 11.8 Å². The maximum absolute atomic E-state index is 12.0. The number of rotatable bonds is 8. The van der Waals surface area contributed by atoms with Crippen LogP contribution in [-0.2, 0) is 4.79 Å². The number of aryl methyl sites for hydroxylation is 1. The molecule has 1 N–H and O–H groups in total. The van der Waals surface area contributed by atoms with Gasteiger partial charge in [0.2, 0.25) is 11.8 Å². The summed E-state index contributed by atoms with van der Waals surface area (Å²) in [7, 11) is 0. The summed E-state index contributed by atoms with van der Waals surface area (Å²) in [4.78, 5) is 12.0. The Hall–Kier alpha value is -1.82. The maximum Gasteiger partial charge on any atom is 0.277 e. The molecule has 1 heterocycles. The average molecular weight is 347 g/mol. The highest BCUT2D eigenvalue weighted by Gasteiger charge is 2.13. The predicted molar refractivity (Wildman–Crippen MR) is 96.9 cm³/mol. The van der Waals surface area contributed by atoms with Crippen molar-refractivity contribution in [3.63, 3.8) is 0 Å². The Bertz CT molecular complexity index is 653. The summed E-state index contributed by atoms with van der Waals surface area (Å²) in [6, 6.07) is 8.07. The summed E-state index contributed by atoms with van der Waals surface area (Å²) >= 11 is 1.26.